The van der Waals surface area contributed by atoms with E-state index in [0.29, 0.717) is 56.5 Å². The van der Waals surface area contributed by atoms with Crippen LogP contribution >= 0.6 is 0 Å². The molecule has 0 saturated carbocycles. The van der Waals surface area contributed by atoms with Gasteiger partial charge in [-0.1, -0.05) is 43.0 Å². The van der Waals surface area contributed by atoms with Crippen LogP contribution in [0.25, 0.3) is 0 Å². The molecular formula is C29H34N2O6. The number of furan rings is 1. The molecule has 0 bridgehead atoms. The fraction of sp³-hybridized carbons (Fsp3) is 0.345. The SMILES string of the molecule is C=CCOc1c(OC)ccc2c1CN(Cc1ccccc1)C(=O)CCN2CC(O)COCc1ccco1. The Morgan fingerprint density at radius 2 is 1.97 bits per heavy atom. The van der Waals surface area contributed by atoms with Crippen LogP contribution in [0.2, 0.25) is 0 Å². The summed E-state index contributed by atoms with van der Waals surface area (Å²) >= 11 is 0. The maximum Gasteiger partial charge on any atom is 0.224 e. The number of carbonyl (C=O) groups excluding carboxylic acids is 1. The first-order valence-corrected chi connectivity index (χ1v) is 12.4. The summed E-state index contributed by atoms with van der Waals surface area (Å²) in [6, 6.07) is 17.4. The van der Waals surface area contributed by atoms with Crippen molar-refractivity contribution in [2.45, 2.75) is 32.2 Å². The highest BCUT2D eigenvalue weighted by atomic mass is 16.5. The number of hydrogen-bond donors (Lipinski definition) is 1. The zero-order chi connectivity index (χ0) is 26.0. The molecule has 4 rings (SSSR count). The van der Waals surface area contributed by atoms with Gasteiger partial charge in [0, 0.05) is 37.3 Å². The third kappa shape index (κ3) is 6.93. The molecule has 196 valence electrons. The monoisotopic (exact) mass is 506 g/mol. The van der Waals surface area contributed by atoms with E-state index in [1.165, 1.54) is 0 Å². The van der Waals surface area contributed by atoms with Gasteiger partial charge in [-0.25, -0.2) is 0 Å². The molecule has 2 aromatic carbocycles. The second-order valence-electron chi connectivity index (χ2n) is 8.87. The number of rotatable bonds is 12. The maximum absolute atomic E-state index is 13.3. The lowest BCUT2D eigenvalue weighted by Crippen LogP contribution is -2.41. The predicted molar refractivity (Wildman–Crippen MR) is 141 cm³/mol. The first-order valence-electron chi connectivity index (χ1n) is 12.4. The van der Waals surface area contributed by atoms with Crippen LogP contribution in [0.3, 0.4) is 0 Å². The largest absolute Gasteiger partial charge is 0.493 e. The van der Waals surface area contributed by atoms with Crippen molar-refractivity contribution in [3.8, 4) is 11.5 Å². The van der Waals surface area contributed by atoms with E-state index >= 15 is 0 Å². The van der Waals surface area contributed by atoms with Crippen molar-refractivity contribution in [3.05, 3.63) is 90.4 Å². The molecule has 1 atom stereocenters. The van der Waals surface area contributed by atoms with Crippen molar-refractivity contribution in [1.29, 1.82) is 0 Å². The van der Waals surface area contributed by atoms with Crippen LogP contribution in [0, 0.1) is 0 Å². The molecule has 1 aliphatic heterocycles. The Hall–Kier alpha value is -3.75. The lowest BCUT2D eigenvalue weighted by molar-refractivity contribution is -0.132. The van der Waals surface area contributed by atoms with Crippen LogP contribution in [-0.2, 0) is 29.2 Å². The minimum Gasteiger partial charge on any atom is -0.493 e. The lowest BCUT2D eigenvalue weighted by atomic mass is 10.0. The quantitative estimate of drug-likeness (QED) is 0.369. The van der Waals surface area contributed by atoms with Crippen molar-refractivity contribution in [2.75, 3.05) is 38.3 Å². The van der Waals surface area contributed by atoms with Crippen LogP contribution in [0.15, 0.2) is 77.9 Å². The van der Waals surface area contributed by atoms with Gasteiger partial charge >= 0.3 is 0 Å². The number of benzene rings is 2. The highest BCUT2D eigenvalue weighted by molar-refractivity contribution is 5.79. The fourth-order valence-corrected chi connectivity index (χ4v) is 4.43. The van der Waals surface area contributed by atoms with Crippen molar-refractivity contribution in [1.82, 2.24) is 4.90 Å². The standard InChI is InChI=1S/C29H34N2O6/c1-3-15-37-29-25-19-31(17-22-8-5-4-6-9-22)28(33)13-14-30(26(25)11-12-27(29)34-2)18-23(32)20-35-21-24-10-7-16-36-24/h3-12,16,23,32H,1,13-15,17-21H2,2H3. The average Bonchev–Trinajstić information content (AvgIpc) is 3.43. The molecule has 2 heterocycles. The van der Waals surface area contributed by atoms with Crippen LogP contribution in [-0.4, -0.2) is 55.4 Å². The van der Waals surface area contributed by atoms with Gasteiger partial charge in [0.2, 0.25) is 5.91 Å². The van der Waals surface area contributed by atoms with E-state index in [0.717, 1.165) is 16.8 Å². The van der Waals surface area contributed by atoms with E-state index in [1.54, 1.807) is 25.5 Å². The second-order valence-corrected chi connectivity index (χ2v) is 8.87. The van der Waals surface area contributed by atoms with Gasteiger partial charge in [0.1, 0.15) is 19.0 Å². The van der Waals surface area contributed by atoms with E-state index in [4.69, 9.17) is 18.6 Å². The first-order chi connectivity index (χ1) is 18.1. The maximum atomic E-state index is 13.3. The molecule has 1 aromatic heterocycles. The van der Waals surface area contributed by atoms with Gasteiger partial charge in [-0.15, -0.1) is 0 Å². The second kappa shape index (κ2) is 13.0. The molecule has 0 aliphatic carbocycles. The number of methoxy groups -OCH3 is 1. The highest BCUT2D eigenvalue weighted by Gasteiger charge is 2.28. The summed E-state index contributed by atoms with van der Waals surface area (Å²) in [6.45, 7) is 6.05. The molecule has 0 saturated heterocycles. The summed E-state index contributed by atoms with van der Waals surface area (Å²) in [6.07, 6.45) is 2.82. The topological polar surface area (TPSA) is 84.6 Å². The fourth-order valence-electron chi connectivity index (χ4n) is 4.43. The van der Waals surface area contributed by atoms with Gasteiger partial charge in [-0.3, -0.25) is 4.79 Å². The van der Waals surface area contributed by atoms with Gasteiger partial charge in [0.15, 0.2) is 11.5 Å². The molecule has 0 fully saturated rings. The summed E-state index contributed by atoms with van der Waals surface area (Å²) in [5.41, 5.74) is 2.76. The Bertz CT molecular complexity index is 1150. The normalized spacial score (nSPS) is 14.5. The third-order valence-electron chi connectivity index (χ3n) is 6.19. The number of fused-ring (bicyclic) bond motifs is 1. The number of amides is 1. The van der Waals surface area contributed by atoms with E-state index in [2.05, 4.69) is 6.58 Å². The molecule has 8 heteroatoms. The summed E-state index contributed by atoms with van der Waals surface area (Å²) in [5.74, 6) is 1.88. The number of carbonyl (C=O) groups is 1. The Morgan fingerprint density at radius 1 is 1.14 bits per heavy atom. The van der Waals surface area contributed by atoms with Gasteiger partial charge in [0.05, 0.1) is 32.6 Å². The Morgan fingerprint density at radius 3 is 2.70 bits per heavy atom. The predicted octanol–water partition coefficient (Wildman–Crippen LogP) is 4.17. The number of hydrogen-bond acceptors (Lipinski definition) is 7. The molecule has 8 nitrogen and oxygen atoms in total. The highest BCUT2D eigenvalue weighted by Crippen LogP contribution is 2.40. The molecule has 1 unspecified atom stereocenters. The van der Waals surface area contributed by atoms with Crippen LogP contribution < -0.4 is 14.4 Å². The van der Waals surface area contributed by atoms with Crippen molar-refractivity contribution >= 4 is 11.6 Å². The van der Waals surface area contributed by atoms with Gasteiger partial charge in [-0.05, 0) is 29.8 Å². The number of anilines is 1. The minimum atomic E-state index is -0.766. The zero-order valence-corrected chi connectivity index (χ0v) is 21.2. The number of ether oxygens (including phenoxy) is 3. The molecule has 37 heavy (non-hydrogen) atoms. The minimum absolute atomic E-state index is 0.0283. The van der Waals surface area contributed by atoms with Gasteiger partial charge in [-0.2, -0.15) is 0 Å². The first kappa shape index (κ1) is 26.3. The molecule has 1 amide bonds. The van der Waals surface area contributed by atoms with Gasteiger partial charge < -0.3 is 33.5 Å². The summed E-state index contributed by atoms with van der Waals surface area (Å²) in [4.78, 5) is 17.2. The van der Waals surface area contributed by atoms with E-state index in [-0.39, 0.29) is 19.1 Å². The molecular weight excluding hydrogens is 472 g/mol. The zero-order valence-electron chi connectivity index (χ0n) is 21.2. The van der Waals surface area contributed by atoms with Crippen molar-refractivity contribution in [3.63, 3.8) is 0 Å². The molecule has 1 aliphatic rings. The van der Waals surface area contributed by atoms with Crippen LogP contribution in [0.4, 0.5) is 5.69 Å². The van der Waals surface area contributed by atoms with E-state index in [9.17, 15) is 9.90 Å². The smallest absolute Gasteiger partial charge is 0.224 e. The molecule has 1 N–H and O–H groups in total. The van der Waals surface area contributed by atoms with Crippen LogP contribution in [0.5, 0.6) is 11.5 Å². The van der Waals surface area contributed by atoms with E-state index in [1.807, 2.05) is 58.3 Å². The summed E-state index contributed by atoms with van der Waals surface area (Å²) < 4.78 is 22.6. The Kier molecular flexibility index (Phi) is 9.24. The van der Waals surface area contributed by atoms with Crippen molar-refractivity contribution < 1.29 is 28.5 Å². The molecule has 0 radical (unpaired) electrons. The number of aliphatic hydroxyl groups is 1. The summed E-state index contributed by atoms with van der Waals surface area (Å²) in [7, 11) is 1.59. The third-order valence-corrected chi connectivity index (χ3v) is 6.19. The van der Waals surface area contributed by atoms with Crippen LogP contribution in [0.1, 0.15) is 23.3 Å². The summed E-state index contributed by atoms with van der Waals surface area (Å²) in [5, 5.41) is 10.8. The van der Waals surface area contributed by atoms with E-state index < -0.39 is 6.10 Å². The number of β-amino-alcohol motifs (C(OH)–C–C–N with tert-alkyl or cyclic N) is 1. The lowest BCUT2D eigenvalue weighted by Gasteiger charge is -2.35. The molecule has 3 aromatic rings. The number of aliphatic hydroxyl groups excluding tert-OH is 1. The van der Waals surface area contributed by atoms with Gasteiger partial charge in [0.25, 0.3) is 0 Å². The Labute approximate surface area is 217 Å². The number of nitrogens with zero attached hydrogens (tertiary/aromatic N) is 2. The van der Waals surface area contributed by atoms with Crippen molar-refractivity contribution in [2.24, 2.45) is 0 Å². The Balaban J connectivity index is 1.60. The average molecular weight is 507 g/mol. The molecule has 0 spiro atoms.